The van der Waals surface area contributed by atoms with E-state index in [0.717, 1.165) is 32.2 Å². The summed E-state index contributed by atoms with van der Waals surface area (Å²) in [7, 11) is -7.35. The zero-order valence-corrected chi connectivity index (χ0v) is 20.2. The topological polar surface area (TPSA) is 104 Å². The number of sulfone groups is 1. The van der Waals surface area contributed by atoms with Crippen LogP contribution >= 0.6 is 0 Å². The summed E-state index contributed by atoms with van der Waals surface area (Å²) in [5, 5.41) is 2.78. The molecule has 0 atom stereocenters. The van der Waals surface area contributed by atoms with Crippen molar-refractivity contribution in [1.82, 2.24) is 4.31 Å². The van der Waals surface area contributed by atoms with Gasteiger partial charge in [0.25, 0.3) is 5.91 Å². The fourth-order valence-electron chi connectivity index (χ4n) is 3.89. The highest BCUT2D eigenvalue weighted by atomic mass is 32.2. The Kier molecular flexibility index (Phi) is 7.26. The molecule has 0 saturated carbocycles. The highest BCUT2D eigenvalue weighted by Crippen LogP contribution is 2.33. The van der Waals surface area contributed by atoms with E-state index in [-0.39, 0.29) is 15.4 Å². The molecule has 32 heavy (non-hydrogen) atoms. The van der Waals surface area contributed by atoms with Crippen molar-refractivity contribution in [2.45, 2.75) is 36.5 Å². The standard InChI is InChI=1S/C22H29N3O5S2/c1-4-25(5-2)32(29,30)17-12-13-20(24-14-8-9-15-24)19(16-17)23-22(26)18-10-6-7-11-21(18)31(3,27)28/h6-7,10-13,16H,4-5,8-9,14-15H2,1-3H3,(H,23,26). The van der Waals surface area contributed by atoms with Gasteiger partial charge in [-0.3, -0.25) is 4.79 Å². The molecule has 1 fully saturated rings. The Bertz CT molecular complexity index is 1200. The fraction of sp³-hybridized carbons (Fsp3) is 0.409. The number of nitrogens with zero attached hydrogens (tertiary/aromatic N) is 2. The van der Waals surface area contributed by atoms with Gasteiger partial charge in [0.2, 0.25) is 10.0 Å². The summed E-state index contributed by atoms with van der Waals surface area (Å²) in [6.45, 7) is 5.79. The van der Waals surface area contributed by atoms with Gasteiger partial charge in [-0.05, 0) is 43.2 Å². The van der Waals surface area contributed by atoms with Gasteiger partial charge in [-0.2, -0.15) is 4.31 Å². The van der Waals surface area contributed by atoms with Crippen LogP contribution in [0.15, 0.2) is 52.3 Å². The van der Waals surface area contributed by atoms with Crippen molar-refractivity contribution in [1.29, 1.82) is 0 Å². The van der Waals surface area contributed by atoms with E-state index in [9.17, 15) is 21.6 Å². The first-order chi connectivity index (χ1) is 15.1. The highest BCUT2D eigenvalue weighted by Gasteiger charge is 2.26. The van der Waals surface area contributed by atoms with Crippen molar-refractivity contribution in [3.8, 4) is 0 Å². The fourth-order valence-corrected chi connectivity index (χ4v) is 6.26. The van der Waals surface area contributed by atoms with Crippen molar-refractivity contribution in [3.05, 3.63) is 48.0 Å². The summed E-state index contributed by atoms with van der Waals surface area (Å²) in [4.78, 5) is 15.2. The molecule has 1 saturated heterocycles. The first-order valence-electron chi connectivity index (χ1n) is 10.6. The first kappa shape index (κ1) is 24.2. The van der Waals surface area contributed by atoms with E-state index in [1.807, 2.05) is 0 Å². The van der Waals surface area contributed by atoms with Crippen LogP contribution in [0, 0.1) is 0 Å². The molecule has 0 spiro atoms. The Morgan fingerprint density at radius 1 is 1.00 bits per heavy atom. The van der Waals surface area contributed by atoms with Crippen LogP contribution in [0.2, 0.25) is 0 Å². The van der Waals surface area contributed by atoms with Gasteiger partial charge in [0.05, 0.1) is 26.7 Å². The number of anilines is 2. The molecule has 8 nitrogen and oxygen atoms in total. The lowest BCUT2D eigenvalue weighted by atomic mass is 10.2. The predicted molar refractivity (Wildman–Crippen MR) is 126 cm³/mol. The van der Waals surface area contributed by atoms with E-state index in [1.54, 1.807) is 38.1 Å². The zero-order valence-electron chi connectivity index (χ0n) is 18.5. The number of sulfonamides is 1. The van der Waals surface area contributed by atoms with Crippen molar-refractivity contribution >= 4 is 37.1 Å². The number of amides is 1. The maximum atomic E-state index is 13.1. The normalized spacial score (nSPS) is 14.7. The van der Waals surface area contributed by atoms with E-state index >= 15 is 0 Å². The molecular formula is C22H29N3O5S2. The quantitative estimate of drug-likeness (QED) is 0.624. The number of carbonyl (C=O) groups excluding carboxylic acids is 1. The van der Waals surface area contributed by atoms with Gasteiger partial charge in [0, 0.05) is 32.4 Å². The van der Waals surface area contributed by atoms with Crippen molar-refractivity contribution in [2.24, 2.45) is 0 Å². The van der Waals surface area contributed by atoms with Crippen LogP contribution in [0.5, 0.6) is 0 Å². The Morgan fingerprint density at radius 2 is 1.62 bits per heavy atom. The van der Waals surface area contributed by atoms with E-state index in [0.29, 0.717) is 24.5 Å². The first-order valence-corrected chi connectivity index (χ1v) is 13.9. The monoisotopic (exact) mass is 479 g/mol. The van der Waals surface area contributed by atoms with Gasteiger partial charge < -0.3 is 10.2 Å². The molecule has 3 rings (SSSR count). The molecule has 0 bridgehead atoms. The maximum Gasteiger partial charge on any atom is 0.257 e. The Balaban J connectivity index is 2.07. The summed E-state index contributed by atoms with van der Waals surface area (Å²) < 4.78 is 51.7. The van der Waals surface area contributed by atoms with Crippen molar-refractivity contribution < 1.29 is 21.6 Å². The molecule has 174 valence electrons. The van der Waals surface area contributed by atoms with Gasteiger partial charge in [-0.1, -0.05) is 26.0 Å². The molecule has 1 N–H and O–H groups in total. The van der Waals surface area contributed by atoms with Crippen LogP contribution < -0.4 is 10.2 Å². The second kappa shape index (κ2) is 9.60. The molecule has 2 aromatic carbocycles. The third kappa shape index (κ3) is 4.97. The largest absolute Gasteiger partial charge is 0.370 e. The maximum absolute atomic E-state index is 13.1. The van der Waals surface area contributed by atoms with Gasteiger partial charge in [-0.15, -0.1) is 0 Å². The van der Waals surface area contributed by atoms with E-state index < -0.39 is 25.8 Å². The zero-order chi connectivity index (χ0) is 23.5. The Morgan fingerprint density at radius 3 is 2.22 bits per heavy atom. The molecule has 0 unspecified atom stereocenters. The summed E-state index contributed by atoms with van der Waals surface area (Å²) in [5.41, 5.74) is 1.07. The third-order valence-electron chi connectivity index (χ3n) is 5.54. The lowest BCUT2D eigenvalue weighted by molar-refractivity contribution is 0.102. The molecule has 1 amide bonds. The van der Waals surface area contributed by atoms with Crippen LogP contribution in [0.1, 0.15) is 37.0 Å². The Labute approximate surface area is 190 Å². The van der Waals surface area contributed by atoms with Crippen LogP contribution in [-0.4, -0.2) is 59.5 Å². The number of carbonyl (C=O) groups is 1. The minimum Gasteiger partial charge on any atom is -0.370 e. The highest BCUT2D eigenvalue weighted by molar-refractivity contribution is 7.90. The lowest BCUT2D eigenvalue weighted by Gasteiger charge is -2.24. The van der Waals surface area contributed by atoms with Crippen LogP contribution in [0.3, 0.4) is 0 Å². The van der Waals surface area contributed by atoms with Gasteiger partial charge in [-0.25, -0.2) is 16.8 Å². The number of rotatable bonds is 8. The minimum absolute atomic E-state index is 0.0133. The Hall–Kier alpha value is -2.43. The molecule has 1 aliphatic rings. The van der Waals surface area contributed by atoms with Gasteiger partial charge in [0.15, 0.2) is 9.84 Å². The second-order valence-electron chi connectivity index (χ2n) is 7.68. The molecule has 0 radical (unpaired) electrons. The van der Waals surface area contributed by atoms with Gasteiger partial charge in [0.1, 0.15) is 0 Å². The molecule has 1 aliphatic heterocycles. The molecule has 0 aromatic heterocycles. The molecule has 1 heterocycles. The number of benzene rings is 2. The summed E-state index contributed by atoms with van der Waals surface area (Å²) in [6, 6.07) is 10.7. The summed E-state index contributed by atoms with van der Waals surface area (Å²) in [5.74, 6) is -0.608. The minimum atomic E-state index is -3.73. The second-order valence-corrected chi connectivity index (χ2v) is 11.6. The van der Waals surface area contributed by atoms with Crippen molar-refractivity contribution in [2.75, 3.05) is 42.7 Å². The van der Waals surface area contributed by atoms with Crippen LogP contribution in [-0.2, 0) is 19.9 Å². The van der Waals surface area contributed by atoms with Crippen molar-refractivity contribution in [3.63, 3.8) is 0 Å². The smallest absolute Gasteiger partial charge is 0.257 e. The molecule has 10 heteroatoms. The summed E-state index contributed by atoms with van der Waals surface area (Å²) in [6.07, 6.45) is 3.06. The third-order valence-corrected chi connectivity index (χ3v) is 8.74. The SMILES string of the molecule is CCN(CC)S(=O)(=O)c1ccc(N2CCCC2)c(NC(=O)c2ccccc2S(C)(=O)=O)c1. The van der Waals surface area contributed by atoms with Crippen LogP contribution in [0.25, 0.3) is 0 Å². The number of hydrogen-bond acceptors (Lipinski definition) is 6. The average Bonchev–Trinajstić information content (AvgIpc) is 3.28. The van der Waals surface area contributed by atoms with Gasteiger partial charge >= 0.3 is 0 Å². The average molecular weight is 480 g/mol. The van der Waals surface area contributed by atoms with Crippen LogP contribution in [0.4, 0.5) is 11.4 Å². The predicted octanol–water partition coefficient (Wildman–Crippen LogP) is 2.97. The molecule has 2 aromatic rings. The molecule has 0 aliphatic carbocycles. The number of nitrogens with one attached hydrogen (secondary N) is 1. The number of hydrogen-bond donors (Lipinski definition) is 1. The van der Waals surface area contributed by atoms with E-state index in [2.05, 4.69) is 10.2 Å². The molecular weight excluding hydrogens is 450 g/mol. The van der Waals surface area contributed by atoms with E-state index in [4.69, 9.17) is 0 Å². The lowest BCUT2D eigenvalue weighted by Crippen LogP contribution is -2.31. The summed E-state index contributed by atoms with van der Waals surface area (Å²) >= 11 is 0. The van der Waals surface area contributed by atoms with E-state index in [1.165, 1.54) is 22.5 Å².